The van der Waals surface area contributed by atoms with E-state index in [4.69, 9.17) is 5.11 Å². The number of carbonyl (C=O) groups is 2. The first-order valence-electron chi connectivity index (χ1n) is 5.28. The summed E-state index contributed by atoms with van der Waals surface area (Å²) < 4.78 is 0. The van der Waals surface area contributed by atoms with Crippen molar-refractivity contribution in [3.8, 4) is 0 Å². The average Bonchev–Trinajstić information content (AvgIpc) is 2.14. The molecule has 0 aromatic heterocycles. The van der Waals surface area contributed by atoms with E-state index in [0.717, 1.165) is 6.42 Å². The maximum atomic E-state index is 11.3. The molecule has 0 aromatic rings. The first-order chi connectivity index (χ1) is 7.02. The van der Waals surface area contributed by atoms with Crippen molar-refractivity contribution < 1.29 is 14.7 Å². The van der Waals surface area contributed by atoms with Crippen molar-refractivity contribution >= 4 is 11.9 Å². The van der Waals surface area contributed by atoms with Crippen LogP contribution < -0.4 is 5.32 Å². The quantitative estimate of drug-likeness (QED) is 0.694. The molecule has 2 unspecified atom stereocenters. The van der Waals surface area contributed by atoms with Crippen LogP contribution >= 0.6 is 0 Å². The van der Waals surface area contributed by atoms with Crippen LogP contribution in [0.3, 0.4) is 0 Å². The predicted molar refractivity (Wildman–Crippen MR) is 55.5 cm³/mol. The summed E-state index contributed by atoms with van der Waals surface area (Å²) in [5.74, 6) is -0.945. The number of carboxylic acids is 1. The van der Waals surface area contributed by atoms with E-state index in [1.165, 1.54) is 0 Å². The van der Waals surface area contributed by atoms with Gasteiger partial charge in [0, 0.05) is 12.6 Å². The van der Waals surface area contributed by atoms with Gasteiger partial charge in [-0.05, 0) is 13.3 Å². The van der Waals surface area contributed by atoms with Crippen molar-refractivity contribution in [2.45, 2.75) is 38.8 Å². The monoisotopic (exact) mass is 214 g/mol. The molecule has 0 radical (unpaired) electrons. The summed E-state index contributed by atoms with van der Waals surface area (Å²) in [7, 11) is 0. The molecule has 1 aliphatic rings. The van der Waals surface area contributed by atoms with Crippen molar-refractivity contribution in [3.05, 3.63) is 0 Å². The fourth-order valence-corrected chi connectivity index (χ4v) is 1.77. The topological polar surface area (TPSA) is 69.6 Å². The normalized spacial score (nSPS) is 24.7. The van der Waals surface area contributed by atoms with Crippen LogP contribution in [0.15, 0.2) is 0 Å². The third-order valence-electron chi connectivity index (χ3n) is 2.80. The third kappa shape index (κ3) is 3.51. The number of nitrogens with zero attached hydrogens (tertiary/aromatic N) is 1. The first kappa shape index (κ1) is 12.0. The van der Waals surface area contributed by atoms with Crippen LogP contribution in [0, 0.1) is 0 Å². The highest BCUT2D eigenvalue weighted by Gasteiger charge is 2.28. The highest BCUT2D eigenvalue weighted by atomic mass is 16.4. The van der Waals surface area contributed by atoms with Crippen LogP contribution in [0.25, 0.3) is 0 Å². The van der Waals surface area contributed by atoms with Gasteiger partial charge in [0.1, 0.15) is 0 Å². The molecule has 0 saturated carbocycles. The lowest BCUT2D eigenvalue weighted by Gasteiger charge is -2.35. The number of carboxylic acid groups (broad SMARTS) is 1. The van der Waals surface area contributed by atoms with Crippen molar-refractivity contribution in [1.29, 1.82) is 0 Å². The zero-order valence-corrected chi connectivity index (χ0v) is 9.19. The molecule has 2 atom stereocenters. The van der Waals surface area contributed by atoms with E-state index in [2.05, 4.69) is 19.2 Å². The SMILES string of the molecule is CCC(C)N1CC(=O)NC(CC(=O)O)C1. The lowest BCUT2D eigenvalue weighted by molar-refractivity contribution is -0.138. The zero-order valence-electron chi connectivity index (χ0n) is 9.19. The van der Waals surface area contributed by atoms with Crippen LogP contribution in [0.5, 0.6) is 0 Å². The van der Waals surface area contributed by atoms with E-state index in [-0.39, 0.29) is 18.4 Å². The molecule has 2 N–H and O–H groups in total. The number of hydrogen-bond donors (Lipinski definition) is 2. The van der Waals surface area contributed by atoms with Crippen LogP contribution in [-0.2, 0) is 9.59 Å². The third-order valence-corrected chi connectivity index (χ3v) is 2.80. The van der Waals surface area contributed by atoms with Crippen LogP contribution in [0.1, 0.15) is 26.7 Å². The Morgan fingerprint density at radius 2 is 2.40 bits per heavy atom. The highest BCUT2D eigenvalue weighted by Crippen LogP contribution is 2.09. The highest BCUT2D eigenvalue weighted by molar-refractivity contribution is 5.80. The minimum Gasteiger partial charge on any atom is -0.481 e. The summed E-state index contributed by atoms with van der Waals surface area (Å²) in [6, 6.07) is 0.0742. The summed E-state index contributed by atoms with van der Waals surface area (Å²) in [5, 5.41) is 11.4. The molecule has 1 heterocycles. The Hall–Kier alpha value is -1.10. The molecule has 5 nitrogen and oxygen atoms in total. The molecule has 0 bridgehead atoms. The van der Waals surface area contributed by atoms with Gasteiger partial charge in [0.15, 0.2) is 0 Å². The molecular formula is C10H18N2O3. The van der Waals surface area contributed by atoms with E-state index in [0.29, 0.717) is 19.1 Å². The minimum absolute atomic E-state index is 0.00132. The number of carbonyl (C=O) groups excluding carboxylic acids is 1. The van der Waals surface area contributed by atoms with Crippen molar-refractivity contribution in [2.75, 3.05) is 13.1 Å². The summed E-state index contributed by atoms with van der Waals surface area (Å²) in [5.41, 5.74) is 0. The van der Waals surface area contributed by atoms with Gasteiger partial charge in [-0.1, -0.05) is 6.92 Å². The number of piperazine rings is 1. The fourth-order valence-electron chi connectivity index (χ4n) is 1.77. The Morgan fingerprint density at radius 3 is 2.93 bits per heavy atom. The van der Waals surface area contributed by atoms with Gasteiger partial charge in [-0.25, -0.2) is 0 Å². The summed E-state index contributed by atoms with van der Waals surface area (Å²) >= 11 is 0. The minimum atomic E-state index is -0.869. The van der Waals surface area contributed by atoms with Gasteiger partial charge >= 0.3 is 5.97 Å². The predicted octanol–water partition coefficient (Wildman–Crippen LogP) is 0.0600. The number of aliphatic carboxylic acids is 1. The van der Waals surface area contributed by atoms with Gasteiger partial charge in [-0.2, -0.15) is 0 Å². The zero-order chi connectivity index (χ0) is 11.4. The molecular weight excluding hydrogens is 196 g/mol. The summed E-state index contributed by atoms with van der Waals surface area (Å²) in [4.78, 5) is 23.9. The van der Waals surface area contributed by atoms with Crippen LogP contribution in [0.2, 0.25) is 0 Å². The molecule has 86 valence electrons. The lowest BCUT2D eigenvalue weighted by atomic mass is 10.1. The Bertz CT molecular complexity index is 253. The second-order valence-electron chi connectivity index (χ2n) is 4.05. The van der Waals surface area contributed by atoms with Gasteiger partial charge in [-0.15, -0.1) is 0 Å². The Morgan fingerprint density at radius 1 is 1.73 bits per heavy atom. The number of nitrogens with one attached hydrogen (secondary N) is 1. The molecule has 1 fully saturated rings. The molecule has 1 saturated heterocycles. The smallest absolute Gasteiger partial charge is 0.305 e. The molecule has 0 aromatic carbocycles. The summed E-state index contributed by atoms with van der Waals surface area (Å²) in [6.07, 6.45) is 0.964. The Kier molecular flexibility index (Phi) is 4.08. The van der Waals surface area contributed by atoms with Crippen LogP contribution in [-0.4, -0.2) is 47.1 Å². The molecule has 1 amide bonds. The lowest BCUT2D eigenvalue weighted by Crippen LogP contribution is -2.56. The van der Waals surface area contributed by atoms with E-state index in [1.54, 1.807) is 0 Å². The Balaban J connectivity index is 2.55. The second-order valence-corrected chi connectivity index (χ2v) is 4.05. The van der Waals surface area contributed by atoms with Crippen LogP contribution in [0.4, 0.5) is 0 Å². The number of rotatable bonds is 4. The molecule has 0 spiro atoms. The standard InChI is InChI=1S/C10H18N2O3/c1-3-7(2)12-5-8(4-10(14)15)11-9(13)6-12/h7-8H,3-6H2,1-2H3,(H,11,13)(H,14,15). The second kappa shape index (κ2) is 5.11. The van der Waals surface area contributed by atoms with Gasteiger partial charge in [0.05, 0.1) is 19.0 Å². The number of hydrogen-bond acceptors (Lipinski definition) is 3. The molecule has 0 aliphatic carbocycles. The van der Waals surface area contributed by atoms with Gasteiger partial charge in [0.2, 0.25) is 5.91 Å². The van der Waals surface area contributed by atoms with Gasteiger partial charge in [-0.3, -0.25) is 14.5 Å². The number of amides is 1. The molecule has 5 heteroatoms. The summed E-state index contributed by atoms with van der Waals surface area (Å²) in [6.45, 7) is 5.12. The van der Waals surface area contributed by atoms with Gasteiger partial charge < -0.3 is 10.4 Å². The first-order valence-corrected chi connectivity index (χ1v) is 5.28. The molecule has 15 heavy (non-hydrogen) atoms. The van der Waals surface area contributed by atoms with E-state index < -0.39 is 5.97 Å². The van der Waals surface area contributed by atoms with Crippen molar-refractivity contribution in [3.63, 3.8) is 0 Å². The maximum Gasteiger partial charge on any atom is 0.305 e. The molecule has 1 rings (SSSR count). The molecule has 1 aliphatic heterocycles. The van der Waals surface area contributed by atoms with E-state index in [9.17, 15) is 9.59 Å². The van der Waals surface area contributed by atoms with E-state index in [1.807, 2.05) is 4.90 Å². The van der Waals surface area contributed by atoms with Gasteiger partial charge in [0.25, 0.3) is 0 Å². The average molecular weight is 214 g/mol. The maximum absolute atomic E-state index is 11.3. The van der Waals surface area contributed by atoms with Crippen molar-refractivity contribution in [1.82, 2.24) is 10.2 Å². The Labute approximate surface area is 89.4 Å². The largest absolute Gasteiger partial charge is 0.481 e. The van der Waals surface area contributed by atoms with Crippen molar-refractivity contribution in [2.24, 2.45) is 0 Å². The van der Waals surface area contributed by atoms with E-state index >= 15 is 0 Å². The fraction of sp³-hybridized carbons (Fsp3) is 0.800.